The normalized spacial score (nSPS) is 19.1. The van der Waals surface area contributed by atoms with Crippen molar-refractivity contribution in [2.75, 3.05) is 11.1 Å². The zero-order valence-electron chi connectivity index (χ0n) is 20.2. The van der Waals surface area contributed by atoms with E-state index in [0.717, 1.165) is 18.4 Å². The number of amides is 1. The van der Waals surface area contributed by atoms with Crippen LogP contribution in [0.5, 0.6) is 0 Å². The van der Waals surface area contributed by atoms with Crippen LogP contribution in [0.2, 0.25) is 5.02 Å². The van der Waals surface area contributed by atoms with Gasteiger partial charge < -0.3 is 15.5 Å². The molecule has 2 aliphatic rings. The van der Waals surface area contributed by atoms with Crippen molar-refractivity contribution in [3.05, 3.63) is 58.4 Å². The first kappa shape index (κ1) is 24.5. The number of carbonyl (C=O) groups is 1. The minimum Gasteiger partial charge on any atom is -0.383 e. The van der Waals surface area contributed by atoms with Gasteiger partial charge in [0.05, 0.1) is 22.0 Å². The number of halogens is 4. The molecule has 0 aromatic carbocycles. The molecule has 1 aliphatic carbocycles. The number of carbonyl (C=O) groups excluding carboxylic acids is 1. The Labute approximate surface area is 219 Å². The molecule has 0 bridgehead atoms. The molecule has 1 amide bonds. The Morgan fingerprint density at radius 2 is 2.03 bits per heavy atom. The minimum atomic E-state index is -4.26. The molecule has 1 aliphatic heterocycles. The van der Waals surface area contributed by atoms with Crippen molar-refractivity contribution in [1.82, 2.24) is 29.3 Å². The van der Waals surface area contributed by atoms with Gasteiger partial charge in [0.25, 0.3) is 0 Å². The fourth-order valence-corrected chi connectivity index (χ4v) is 5.61. The number of nitrogens with zero attached hydrogens (tertiary/aromatic N) is 6. The lowest BCUT2D eigenvalue weighted by Crippen LogP contribution is -2.40. The van der Waals surface area contributed by atoms with Crippen LogP contribution in [0.4, 0.5) is 24.8 Å². The molecule has 38 heavy (non-hydrogen) atoms. The smallest absolute Gasteiger partial charge is 0.383 e. The Bertz CT molecular complexity index is 1600. The molecule has 6 rings (SSSR count). The molecule has 1 unspecified atom stereocenters. The largest absolute Gasteiger partial charge is 0.389 e. The van der Waals surface area contributed by atoms with Gasteiger partial charge in [-0.15, -0.1) is 0 Å². The molecule has 4 aromatic heterocycles. The van der Waals surface area contributed by atoms with E-state index >= 15 is 0 Å². The second-order valence-electron chi connectivity index (χ2n) is 9.71. The van der Waals surface area contributed by atoms with Crippen molar-refractivity contribution in [2.45, 2.75) is 50.6 Å². The SMILES string of the molecule is Cc1cc(Cl)cnc1C1(C2CC2)C(=O)Nc2nc(-c3cn4ccnc4c(CCCC(F)(F)F)n3)nc(N)c21. The first-order chi connectivity index (χ1) is 18.1. The molecule has 0 radical (unpaired) electrons. The van der Waals surface area contributed by atoms with Crippen LogP contribution >= 0.6 is 11.6 Å². The summed E-state index contributed by atoms with van der Waals surface area (Å²) in [6, 6.07) is 1.76. The average molecular weight is 543 g/mol. The highest BCUT2D eigenvalue weighted by molar-refractivity contribution is 6.30. The van der Waals surface area contributed by atoms with Crippen LogP contribution in [0, 0.1) is 12.8 Å². The maximum Gasteiger partial charge on any atom is 0.389 e. The quantitative estimate of drug-likeness (QED) is 0.363. The Kier molecular flexibility index (Phi) is 5.56. The van der Waals surface area contributed by atoms with Gasteiger partial charge in [-0.25, -0.2) is 19.9 Å². The van der Waals surface area contributed by atoms with Crippen LogP contribution in [0.1, 0.15) is 48.2 Å². The molecule has 1 atom stereocenters. The summed E-state index contributed by atoms with van der Waals surface area (Å²) < 4.78 is 39.8. The number of rotatable bonds is 6. The fraction of sp³-hybridized carbons (Fsp3) is 0.360. The minimum absolute atomic E-state index is 0.0199. The van der Waals surface area contributed by atoms with Crippen molar-refractivity contribution in [3.63, 3.8) is 0 Å². The van der Waals surface area contributed by atoms with Crippen molar-refractivity contribution in [1.29, 1.82) is 0 Å². The van der Waals surface area contributed by atoms with Crippen molar-refractivity contribution in [2.24, 2.45) is 5.92 Å². The van der Waals surface area contributed by atoms with Gasteiger partial charge in [0.1, 0.15) is 22.7 Å². The number of nitrogens with two attached hydrogens (primary N) is 1. The monoisotopic (exact) mass is 542 g/mol. The Morgan fingerprint density at radius 1 is 1.24 bits per heavy atom. The van der Waals surface area contributed by atoms with E-state index in [1.807, 2.05) is 6.92 Å². The molecule has 1 fully saturated rings. The van der Waals surface area contributed by atoms with Gasteiger partial charge in [-0.1, -0.05) is 11.6 Å². The highest BCUT2D eigenvalue weighted by Crippen LogP contribution is 2.57. The number of nitrogens with one attached hydrogen (secondary N) is 1. The lowest BCUT2D eigenvalue weighted by atomic mass is 9.73. The number of hydrogen-bond donors (Lipinski definition) is 2. The van der Waals surface area contributed by atoms with Crippen LogP contribution in [-0.2, 0) is 16.6 Å². The molecule has 0 spiro atoms. The van der Waals surface area contributed by atoms with Crippen LogP contribution in [0.3, 0.4) is 0 Å². The van der Waals surface area contributed by atoms with E-state index in [4.69, 9.17) is 17.3 Å². The first-order valence-electron chi connectivity index (χ1n) is 12.1. The average Bonchev–Trinajstić information content (AvgIpc) is 3.49. The van der Waals surface area contributed by atoms with Gasteiger partial charge in [-0.05, 0) is 50.2 Å². The standard InChI is InChI=1S/C25H22ClF3N8O/c1-12-9-14(26)10-32-18(12)25(13-4-5-13)17-19(30)34-20(35-21(17)36-23(25)38)16-11-37-8-7-31-22(37)15(33-16)3-2-6-24(27,28)29/h7-11,13H,2-6H2,1H3,(H3,30,34,35,36,38). The van der Waals surface area contributed by atoms with Gasteiger partial charge >= 0.3 is 6.18 Å². The molecule has 9 nitrogen and oxygen atoms in total. The molecule has 13 heteroatoms. The van der Waals surface area contributed by atoms with Gasteiger partial charge in [-0.3, -0.25) is 9.78 Å². The summed E-state index contributed by atoms with van der Waals surface area (Å²) in [5, 5.41) is 3.34. The maximum atomic E-state index is 13.6. The molecule has 4 aromatic rings. The second-order valence-corrected chi connectivity index (χ2v) is 10.1. The number of aromatic nitrogens is 6. The summed E-state index contributed by atoms with van der Waals surface area (Å²) in [5.74, 6) is 0.219. The summed E-state index contributed by atoms with van der Waals surface area (Å²) in [5.41, 5.74) is 8.31. The van der Waals surface area contributed by atoms with Gasteiger partial charge in [0.2, 0.25) is 5.91 Å². The van der Waals surface area contributed by atoms with Crippen molar-refractivity contribution < 1.29 is 18.0 Å². The summed E-state index contributed by atoms with van der Waals surface area (Å²) >= 11 is 6.14. The van der Waals surface area contributed by atoms with Gasteiger partial charge in [0, 0.05) is 31.2 Å². The summed E-state index contributed by atoms with van der Waals surface area (Å²) in [4.78, 5) is 36.1. The summed E-state index contributed by atoms with van der Waals surface area (Å²) in [6.45, 7) is 1.85. The number of fused-ring (bicyclic) bond motifs is 2. The lowest BCUT2D eigenvalue weighted by molar-refractivity contribution is -0.135. The number of imidazole rings is 1. The number of alkyl halides is 3. The fourth-order valence-electron chi connectivity index (χ4n) is 5.40. The molecule has 1 saturated carbocycles. The second kappa shape index (κ2) is 8.62. The third-order valence-electron chi connectivity index (χ3n) is 7.08. The Morgan fingerprint density at radius 3 is 2.74 bits per heavy atom. The van der Waals surface area contributed by atoms with E-state index in [2.05, 4.69) is 30.2 Å². The van der Waals surface area contributed by atoms with Gasteiger partial charge in [-0.2, -0.15) is 13.2 Å². The van der Waals surface area contributed by atoms with E-state index in [1.165, 1.54) is 12.4 Å². The molecular formula is C25H22ClF3N8O. The van der Waals surface area contributed by atoms with Crippen LogP contribution < -0.4 is 11.1 Å². The number of pyridine rings is 1. The summed E-state index contributed by atoms with van der Waals surface area (Å²) in [7, 11) is 0. The molecule has 3 N–H and O–H groups in total. The Balaban J connectivity index is 1.45. The highest BCUT2D eigenvalue weighted by atomic mass is 35.5. The zero-order chi connectivity index (χ0) is 26.8. The third kappa shape index (κ3) is 3.94. The molecule has 5 heterocycles. The first-order valence-corrected chi connectivity index (χ1v) is 12.5. The Hall–Kier alpha value is -3.80. The topological polar surface area (TPSA) is 124 Å². The van der Waals surface area contributed by atoms with E-state index < -0.39 is 18.0 Å². The maximum absolute atomic E-state index is 13.6. The number of aryl methyl sites for hydroxylation is 2. The zero-order valence-corrected chi connectivity index (χ0v) is 20.9. The lowest BCUT2D eigenvalue weighted by Gasteiger charge is -2.28. The molecule has 0 saturated heterocycles. The highest BCUT2D eigenvalue weighted by Gasteiger charge is 2.61. The predicted molar refractivity (Wildman–Crippen MR) is 134 cm³/mol. The van der Waals surface area contributed by atoms with Crippen molar-refractivity contribution in [3.8, 4) is 11.5 Å². The van der Waals surface area contributed by atoms with E-state index in [0.29, 0.717) is 33.3 Å². The van der Waals surface area contributed by atoms with E-state index in [9.17, 15) is 18.0 Å². The number of anilines is 2. The van der Waals surface area contributed by atoms with Crippen LogP contribution in [-0.4, -0.2) is 41.4 Å². The van der Waals surface area contributed by atoms with Crippen LogP contribution in [0.25, 0.3) is 17.2 Å². The number of hydrogen-bond acceptors (Lipinski definition) is 7. The number of nitrogen functional groups attached to an aromatic ring is 1. The summed E-state index contributed by atoms with van der Waals surface area (Å²) in [6.07, 6.45) is 2.72. The van der Waals surface area contributed by atoms with Gasteiger partial charge in [0.15, 0.2) is 11.5 Å². The van der Waals surface area contributed by atoms with E-state index in [-0.39, 0.29) is 42.1 Å². The van der Waals surface area contributed by atoms with E-state index in [1.54, 1.807) is 22.9 Å². The third-order valence-corrected chi connectivity index (χ3v) is 7.28. The molecular weight excluding hydrogens is 521 g/mol. The van der Waals surface area contributed by atoms with Crippen LogP contribution in [0.15, 0.2) is 30.9 Å². The predicted octanol–water partition coefficient (Wildman–Crippen LogP) is 4.66. The van der Waals surface area contributed by atoms with Crippen molar-refractivity contribution >= 4 is 34.8 Å². The molecule has 196 valence electrons.